The van der Waals surface area contributed by atoms with Crippen LogP contribution in [0.5, 0.6) is 5.75 Å². The second kappa shape index (κ2) is 8.46. The van der Waals surface area contributed by atoms with Gasteiger partial charge in [0, 0.05) is 19.1 Å². The molecule has 0 aromatic heterocycles. The molecule has 2 aliphatic rings. The minimum Gasteiger partial charge on any atom is -0.484 e. The molecule has 1 aliphatic heterocycles. The molecular formula is C18H22N4O4. The van der Waals surface area contributed by atoms with Crippen LogP contribution in [0.4, 0.5) is 0 Å². The van der Waals surface area contributed by atoms with E-state index in [0.717, 1.165) is 38.8 Å². The van der Waals surface area contributed by atoms with Crippen molar-refractivity contribution in [1.29, 1.82) is 0 Å². The van der Waals surface area contributed by atoms with Crippen LogP contribution < -0.4 is 15.5 Å². The van der Waals surface area contributed by atoms with E-state index in [1.807, 2.05) is 0 Å². The number of nitrogens with zero attached hydrogens (tertiary/aromatic N) is 2. The first-order chi connectivity index (χ1) is 12.6. The average molecular weight is 358 g/mol. The van der Waals surface area contributed by atoms with E-state index < -0.39 is 11.8 Å². The summed E-state index contributed by atoms with van der Waals surface area (Å²) in [7, 11) is 0. The van der Waals surface area contributed by atoms with Crippen LogP contribution in [0, 0.1) is 0 Å². The molecular weight excluding hydrogens is 336 g/mol. The monoisotopic (exact) mass is 358 g/mol. The van der Waals surface area contributed by atoms with Crippen molar-refractivity contribution in [2.45, 2.75) is 31.7 Å². The zero-order valence-corrected chi connectivity index (χ0v) is 14.4. The first-order valence-electron chi connectivity index (χ1n) is 8.76. The fraction of sp³-hybridized carbons (Fsp3) is 0.444. The smallest absolute Gasteiger partial charge is 0.329 e. The molecule has 1 heterocycles. The van der Waals surface area contributed by atoms with Gasteiger partial charge < -0.3 is 15.0 Å². The summed E-state index contributed by atoms with van der Waals surface area (Å²) in [6, 6.07) is 7.11. The third-order valence-corrected chi connectivity index (χ3v) is 4.18. The maximum absolute atomic E-state index is 12.0. The summed E-state index contributed by atoms with van der Waals surface area (Å²) in [5.41, 5.74) is 2.87. The number of rotatable bonds is 6. The minimum atomic E-state index is -0.795. The van der Waals surface area contributed by atoms with Crippen LogP contribution in [0.25, 0.3) is 0 Å². The van der Waals surface area contributed by atoms with Crippen molar-refractivity contribution in [3.05, 3.63) is 29.8 Å². The average Bonchev–Trinajstić information content (AvgIpc) is 3.28. The highest BCUT2D eigenvalue weighted by Crippen LogP contribution is 2.18. The largest absolute Gasteiger partial charge is 0.484 e. The van der Waals surface area contributed by atoms with Crippen molar-refractivity contribution in [1.82, 2.24) is 15.6 Å². The van der Waals surface area contributed by atoms with Crippen LogP contribution in [0.2, 0.25) is 0 Å². The quantitative estimate of drug-likeness (QED) is 0.437. The zero-order chi connectivity index (χ0) is 18.4. The molecule has 0 unspecified atom stereocenters. The summed E-state index contributed by atoms with van der Waals surface area (Å²) in [5.74, 6) is -0.950. The number of carbonyl (C=O) groups excluding carboxylic acids is 3. The molecule has 1 aliphatic carbocycles. The van der Waals surface area contributed by atoms with Gasteiger partial charge in [-0.25, -0.2) is 5.43 Å². The lowest BCUT2D eigenvalue weighted by molar-refractivity contribution is -0.139. The Morgan fingerprint density at radius 1 is 1.19 bits per heavy atom. The summed E-state index contributed by atoms with van der Waals surface area (Å²) in [6.07, 6.45) is 5.33. The normalized spacial score (nSPS) is 16.5. The number of nitrogens with one attached hydrogen (secondary N) is 2. The summed E-state index contributed by atoms with van der Waals surface area (Å²) in [6.45, 7) is 1.59. The molecule has 8 nitrogen and oxygen atoms in total. The summed E-state index contributed by atoms with van der Waals surface area (Å²) < 4.78 is 5.53. The van der Waals surface area contributed by atoms with E-state index in [-0.39, 0.29) is 18.6 Å². The molecule has 0 bridgehead atoms. The summed E-state index contributed by atoms with van der Waals surface area (Å²) >= 11 is 0. The van der Waals surface area contributed by atoms with Gasteiger partial charge in [0.05, 0.1) is 6.21 Å². The molecule has 138 valence electrons. The predicted molar refractivity (Wildman–Crippen MR) is 94.7 cm³/mol. The number of hydrogen-bond donors (Lipinski definition) is 2. The molecule has 0 atom stereocenters. The second-order valence-electron chi connectivity index (χ2n) is 6.40. The number of hydrogen-bond acceptors (Lipinski definition) is 5. The number of ether oxygens (including phenoxy) is 1. The van der Waals surface area contributed by atoms with Gasteiger partial charge in [-0.3, -0.25) is 14.4 Å². The Labute approximate surface area is 151 Å². The van der Waals surface area contributed by atoms with Crippen LogP contribution >= 0.6 is 0 Å². The highest BCUT2D eigenvalue weighted by atomic mass is 16.5. The maximum atomic E-state index is 12.0. The minimum absolute atomic E-state index is 0.00132. The van der Waals surface area contributed by atoms with Gasteiger partial charge in [-0.2, -0.15) is 5.10 Å². The molecule has 1 saturated carbocycles. The molecule has 1 saturated heterocycles. The fourth-order valence-corrected chi connectivity index (χ4v) is 2.58. The van der Waals surface area contributed by atoms with Gasteiger partial charge in [-0.15, -0.1) is 0 Å². The van der Waals surface area contributed by atoms with Crippen molar-refractivity contribution in [3.63, 3.8) is 0 Å². The van der Waals surface area contributed by atoms with Gasteiger partial charge in [-0.1, -0.05) is 12.1 Å². The highest BCUT2D eigenvalue weighted by Gasteiger charge is 2.26. The molecule has 1 aromatic rings. The van der Waals surface area contributed by atoms with E-state index in [4.69, 9.17) is 4.74 Å². The van der Waals surface area contributed by atoms with Crippen molar-refractivity contribution in [3.8, 4) is 5.75 Å². The lowest BCUT2D eigenvalue weighted by atomic mass is 10.2. The van der Waals surface area contributed by atoms with Crippen LogP contribution in [0.1, 0.15) is 31.2 Å². The Balaban J connectivity index is 1.46. The molecule has 8 heteroatoms. The van der Waals surface area contributed by atoms with Gasteiger partial charge >= 0.3 is 11.8 Å². The van der Waals surface area contributed by atoms with Crippen molar-refractivity contribution in [2.24, 2.45) is 5.10 Å². The lowest BCUT2D eigenvalue weighted by Crippen LogP contribution is -2.38. The van der Waals surface area contributed by atoms with Crippen LogP contribution in [-0.2, 0) is 14.4 Å². The number of likely N-dealkylation sites (tertiary alicyclic amines) is 1. The Hall–Kier alpha value is -2.90. The number of amides is 3. The van der Waals surface area contributed by atoms with E-state index >= 15 is 0 Å². The van der Waals surface area contributed by atoms with E-state index in [9.17, 15) is 14.4 Å². The highest BCUT2D eigenvalue weighted by molar-refractivity contribution is 6.35. The van der Waals surface area contributed by atoms with Gasteiger partial charge in [0.25, 0.3) is 5.91 Å². The number of carbonyl (C=O) groups is 3. The molecule has 2 N–H and O–H groups in total. The Morgan fingerprint density at radius 2 is 1.96 bits per heavy atom. The van der Waals surface area contributed by atoms with Crippen LogP contribution in [-0.4, -0.2) is 54.6 Å². The standard InChI is InChI=1S/C18H22N4O4/c23-16(22-8-1-2-9-22)12-26-15-5-3-4-13(10-15)11-19-21-18(25)17(24)20-14-6-7-14/h3-5,10-11,14H,1-2,6-9,12H2,(H,20,24)(H,21,25)/b19-11-. The van der Waals surface area contributed by atoms with Gasteiger partial charge in [0.15, 0.2) is 6.61 Å². The van der Waals surface area contributed by atoms with E-state index in [1.165, 1.54) is 6.21 Å². The number of benzene rings is 1. The van der Waals surface area contributed by atoms with Crippen LogP contribution in [0.15, 0.2) is 29.4 Å². The predicted octanol–water partition coefficient (Wildman–Crippen LogP) is 0.416. The Kier molecular flexibility index (Phi) is 5.83. The first-order valence-corrected chi connectivity index (χ1v) is 8.76. The fourth-order valence-electron chi connectivity index (χ4n) is 2.58. The van der Waals surface area contributed by atoms with Gasteiger partial charge in [0.1, 0.15) is 5.75 Å². The third-order valence-electron chi connectivity index (χ3n) is 4.18. The zero-order valence-electron chi connectivity index (χ0n) is 14.4. The molecule has 26 heavy (non-hydrogen) atoms. The molecule has 0 radical (unpaired) electrons. The van der Waals surface area contributed by atoms with Gasteiger partial charge in [0.2, 0.25) is 0 Å². The molecule has 0 spiro atoms. The molecule has 1 aromatic carbocycles. The van der Waals surface area contributed by atoms with Gasteiger partial charge in [-0.05, 0) is 43.4 Å². The SMILES string of the molecule is O=C(N/N=C\c1cccc(OCC(=O)N2CCCC2)c1)C(=O)NC1CC1. The lowest BCUT2D eigenvalue weighted by Gasteiger charge is -2.15. The molecule has 3 amide bonds. The third kappa shape index (κ3) is 5.30. The first kappa shape index (κ1) is 17.9. The number of hydrazone groups is 1. The molecule has 2 fully saturated rings. The van der Waals surface area contributed by atoms with Crippen molar-refractivity contribution >= 4 is 23.9 Å². The Morgan fingerprint density at radius 3 is 2.69 bits per heavy atom. The Bertz CT molecular complexity index is 709. The topological polar surface area (TPSA) is 100 Å². The summed E-state index contributed by atoms with van der Waals surface area (Å²) in [4.78, 5) is 36.8. The van der Waals surface area contributed by atoms with E-state index in [2.05, 4.69) is 15.8 Å². The second-order valence-corrected chi connectivity index (χ2v) is 6.40. The summed E-state index contributed by atoms with van der Waals surface area (Å²) in [5, 5.41) is 6.35. The van der Waals surface area contributed by atoms with Crippen molar-refractivity contribution < 1.29 is 19.1 Å². The van der Waals surface area contributed by atoms with Crippen molar-refractivity contribution in [2.75, 3.05) is 19.7 Å². The van der Waals surface area contributed by atoms with E-state index in [0.29, 0.717) is 11.3 Å². The molecule has 3 rings (SSSR count). The van der Waals surface area contributed by atoms with E-state index in [1.54, 1.807) is 29.2 Å². The maximum Gasteiger partial charge on any atom is 0.329 e. The van der Waals surface area contributed by atoms with Crippen LogP contribution in [0.3, 0.4) is 0 Å².